The van der Waals surface area contributed by atoms with Gasteiger partial charge in [-0.25, -0.2) is 9.78 Å². The average molecular weight is 268 g/mol. The summed E-state index contributed by atoms with van der Waals surface area (Å²) in [6, 6.07) is 0.443. The summed E-state index contributed by atoms with van der Waals surface area (Å²) >= 11 is 1.47. The van der Waals surface area contributed by atoms with Crippen LogP contribution < -0.4 is 5.32 Å². The lowest BCUT2D eigenvalue weighted by Crippen LogP contribution is -2.30. The maximum atomic E-state index is 11.5. The molecule has 4 nitrogen and oxygen atoms in total. The Morgan fingerprint density at radius 3 is 3.06 bits per heavy atom. The Hall–Kier alpha value is -1.10. The minimum Gasteiger partial charge on any atom is -0.461 e. The fourth-order valence-corrected chi connectivity index (χ4v) is 3.12. The summed E-state index contributed by atoms with van der Waals surface area (Å²) in [7, 11) is 0. The molecule has 0 aliphatic heterocycles. The maximum Gasteiger partial charge on any atom is 0.357 e. The quantitative estimate of drug-likeness (QED) is 0.851. The average Bonchev–Trinajstić information content (AvgIpc) is 2.88. The number of ether oxygens (including phenoxy) is 1. The van der Waals surface area contributed by atoms with Crippen molar-refractivity contribution in [3.8, 4) is 0 Å². The van der Waals surface area contributed by atoms with Gasteiger partial charge in [0.25, 0.3) is 0 Å². The zero-order valence-corrected chi connectivity index (χ0v) is 12.0. The van der Waals surface area contributed by atoms with Gasteiger partial charge in [0.2, 0.25) is 0 Å². The molecule has 1 aliphatic carbocycles. The van der Waals surface area contributed by atoms with E-state index in [1.54, 1.807) is 12.3 Å². The summed E-state index contributed by atoms with van der Waals surface area (Å²) in [6.07, 6.45) is 3.66. The maximum absolute atomic E-state index is 11.5. The van der Waals surface area contributed by atoms with Crippen LogP contribution in [-0.2, 0) is 4.74 Å². The minimum absolute atomic E-state index is 0.301. The standard InChI is InChI=1S/C13H20N2O2S/c1-4-17-11(16)9-8-18-12(14-9)15-10-6-5-7-13(10,2)3/h8,10H,4-7H2,1-3H3,(H,14,15). The number of nitrogens with one attached hydrogen (secondary N) is 1. The van der Waals surface area contributed by atoms with Gasteiger partial charge in [0.1, 0.15) is 0 Å². The molecule has 0 amide bonds. The smallest absolute Gasteiger partial charge is 0.357 e. The Labute approximate surface area is 112 Å². The van der Waals surface area contributed by atoms with Crippen LogP contribution in [0, 0.1) is 5.41 Å². The molecule has 1 fully saturated rings. The van der Waals surface area contributed by atoms with Crippen molar-refractivity contribution in [2.45, 2.75) is 46.1 Å². The molecular formula is C13H20N2O2S. The minimum atomic E-state index is -0.340. The highest BCUT2D eigenvalue weighted by Crippen LogP contribution is 2.39. The number of anilines is 1. The highest BCUT2D eigenvalue weighted by atomic mass is 32.1. The fourth-order valence-electron chi connectivity index (χ4n) is 2.38. The molecule has 1 heterocycles. The van der Waals surface area contributed by atoms with Gasteiger partial charge in [-0.2, -0.15) is 0 Å². The molecule has 5 heteroatoms. The van der Waals surface area contributed by atoms with Crippen molar-refractivity contribution >= 4 is 22.4 Å². The van der Waals surface area contributed by atoms with E-state index < -0.39 is 0 Å². The summed E-state index contributed by atoms with van der Waals surface area (Å²) in [5, 5.41) is 6.02. The molecule has 1 aliphatic rings. The number of aromatic nitrogens is 1. The van der Waals surface area contributed by atoms with Gasteiger partial charge in [-0.3, -0.25) is 0 Å². The lowest BCUT2D eigenvalue weighted by Gasteiger charge is -2.27. The summed E-state index contributed by atoms with van der Waals surface area (Å²) in [6.45, 7) is 6.73. The number of rotatable bonds is 4. The molecular weight excluding hydrogens is 248 g/mol. The third-order valence-electron chi connectivity index (χ3n) is 3.54. The highest BCUT2D eigenvalue weighted by molar-refractivity contribution is 7.13. The summed E-state index contributed by atoms with van der Waals surface area (Å²) in [5.74, 6) is -0.340. The molecule has 2 rings (SSSR count). The first-order chi connectivity index (χ1) is 8.53. The SMILES string of the molecule is CCOC(=O)c1csc(NC2CCCC2(C)C)n1. The number of hydrogen-bond acceptors (Lipinski definition) is 5. The first kappa shape index (κ1) is 13.3. The van der Waals surface area contributed by atoms with Gasteiger partial charge in [0, 0.05) is 11.4 Å². The van der Waals surface area contributed by atoms with E-state index in [2.05, 4.69) is 24.1 Å². The molecule has 0 aromatic carbocycles. The lowest BCUT2D eigenvalue weighted by molar-refractivity contribution is 0.0520. The van der Waals surface area contributed by atoms with Crippen LogP contribution in [0.3, 0.4) is 0 Å². The number of carbonyl (C=O) groups excluding carboxylic acids is 1. The van der Waals surface area contributed by atoms with Gasteiger partial charge >= 0.3 is 5.97 Å². The third-order valence-corrected chi connectivity index (χ3v) is 4.32. The monoisotopic (exact) mass is 268 g/mol. The number of thiazole rings is 1. The Kier molecular flexibility index (Phi) is 3.90. The molecule has 0 saturated heterocycles. The molecule has 100 valence electrons. The van der Waals surface area contributed by atoms with Crippen LogP contribution in [0.15, 0.2) is 5.38 Å². The fraction of sp³-hybridized carbons (Fsp3) is 0.692. The van der Waals surface area contributed by atoms with E-state index in [1.807, 2.05) is 0 Å². The number of carbonyl (C=O) groups is 1. The highest BCUT2D eigenvalue weighted by Gasteiger charge is 2.34. The molecule has 1 unspecified atom stereocenters. The molecule has 1 aromatic heterocycles. The summed E-state index contributed by atoms with van der Waals surface area (Å²) < 4.78 is 4.93. The van der Waals surface area contributed by atoms with Crippen molar-refractivity contribution in [1.82, 2.24) is 4.98 Å². The molecule has 1 saturated carbocycles. The summed E-state index contributed by atoms with van der Waals surface area (Å²) in [5.41, 5.74) is 0.704. The Bertz CT molecular complexity index is 428. The van der Waals surface area contributed by atoms with Gasteiger partial charge < -0.3 is 10.1 Å². The second-order valence-electron chi connectivity index (χ2n) is 5.34. The van der Waals surface area contributed by atoms with Crippen molar-refractivity contribution in [3.05, 3.63) is 11.1 Å². The van der Waals surface area contributed by atoms with Crippen LogP contribution in [0.1, 0.15) is 50.5 Å². The Morgan fingerprint density at radius 2 is 2.44 bits per heavy atom. The van der Waals surface area contributed by atoms with Crippen molar-refractivity contribution < 1.29 is 9.53 Å². The predicted molar refractivity (Wildman–Crippen MR) is 73.1 cm³/mol. The largest absolute Gasteiger partial charge is 0.461 e. The van der Waals surface area contributed by atoms with E-state index in [-0.39, 0.29) is 5.97 Å². The van der Waals surface area contributed by atoms with Crippen molar-refractivity contribution in [2.24, 2.45) is 5.41 Å². The topological polar surface area (TPSA) is 51.2 Å². The van der Waals surface area contributed by atoms with Crippen molar-refractivity contribution in [2.75, 3.05) is 11.9 Å². The molecule has 0 bridgehead atoms. The zero-order chi connectivity index (χ0) is 13.2. The van der Waals surface area contributed by atoms with E-state index in [0.29, 0.717) is 23.8 Å². The van der Waals surface area contributed by atoms with Crippen LogP contribution in [0.25, 0.3) is 0 Å². The Balaban J connectivity index is 2.00. The molecule has 18 heavy (non-hydrogen) atoms. The third kappa shape index (κ3) is 2.83. The van der Waals surface area contributed by atoms with Gasteiger partial charge in [-0.15, -0.1) is 11.3 Å². The van der Waals surface area contributed by atoms with Gasteiger partial charge in [-0.1, -0.05) is 20.3 Å². The van der Waals surface area contributed by atoms with Crippen LogP contribution >= 0.6 is 11.3 Å². The van der Waals surface area contributed by atoms with Crippen molar-refractivity contribution in [1.29, 1.82) is 0 Å². The Morgan fingerprint density at radius 1 is 1.67 bits per heavy atom. The predicted octanol–water partition coefficient (Wildman–Crippen LogP) is 3.31. The van der Waals surface area contributed by atoms with Gasteiger partial charge in [-0.05, 0) is 25.2 Å². The molecule has 1 atom stereocenters. The van der Waals surface area contributed by atoms with Crippen LogP contribution in [0.5, 0.6) is 0 Å². The van der Waals surface area contributed by atoms with Crippen molar-refractivity contribution in [3.63, 3.8) is 0 Å². The van der Waals surface area contributed by atoms with Gasteiger partial charge in [0.15, 0.2) is 10.8 Å². The molecule has 0 spiro atoms. The normalized spacial score (nSPS) is 21.8. The molecule has 1 aromatic rings. The molecule has 0 radical (unpaired) electrons. The van der Waals surface area contributed by atoms with Crippen LogP contribution in [0.4, 0.5) is 5.13 Å². The van der Waals surface area contributed by atoms with Crippen LogP contribution in [-0.4, -0.2) is 23.6 Å². The summed E-state index contributed by atoms with van der Waals surface area (Å²) in [4.78, 5) is 15.8. The van der Waals surface area contributed by atoms with E-state index in [1.165, 1.54) is 30.6 Å². The lowest BCUT2D eigenvalue weighted by atomic mass is 9.87. The second kappa shape index (κ2) is 5.26. The zero-order valence-electron chi connectivity index (χ0n) is 11.2. The molecule has 1 N–H and O–H groups in total. The van der Waals surface area contributed by atoms with E-state index in [0.717, 1.165) is 5.13 Å². The number of nitrogens with zero attached hydrogens (tertiary/aromatic N) is 1. The number of hydrogen-bond donors (Lipinski definition) is 1. The van der Waals surface area contributed by atoms with Gasteiger partial charge in [0.05, 0.1) is 6.61 Å². The first-order valence-electron chi connectivity index (χ1n) is 6.42. The van der Waals surface area contributed by atoms with E-state index in [9.17, 15) is 4.79 Å². The second-order valence-corrected chi connectivity index (χ2v) is 6.19. The van der Waals surface area contributed by atoms with E-state index >= 15 is 0 Å². The van der Waals surface area contributed by atoms with E-state index in [4.69, 9.17) is 4.74 Å². The number of esters is 1. The van der Waals surface area contributed by atoms with Crippen LogP contribution in [0.2, 0.25) is 0 Å². The first-order valence-corrected chi connectivity index (χ1v) is 7.30.